The fraction of sp³-hybridized carbons (Fsp3) is 0.154. The quantitative estimate of drug-likeness (QED) is 0.643. The number of hydrogen-bond acceptors (Lipinski definition) is 4. The number of carboxylic acid groups (broad SMARTS) is 1. The van der Waals surface area contributed by atoms with Crippen LogP contribution in [0.5, 0.6) is 0 Å². The van der Waals surface area contributed by atoms with Gasteiger partial charge in [-0.2, -0.15) is 5.10 Å². The van der Waals surface area contributed by atoms with Crippen LogP contribution in [-0.2, 0) is 9.59 Å². The number of carbonyl (C=O) groups excluding carboxylic acids is 1. The van der Waals surface area contributed by atoms with E-state index in [0.29, 0.717) is 5.69 Å². The number of nitrogens with two attached hydrogens (primary N) is 1. The number of benzene rings is 1. The summed E-state index contributed by atoms with van der Waals surface area (Å²) in [7, 11) is 0. The molecule has 5 N–H and O–H groups in total. The molecule has 0 spiro atoms. The van der Waals surface area contributed by atoms with Crippen molar-refractivity contribution in [2.24, 2.45) is 5.73 Å². The Hall–Kier alpha value is -2.67. The summed E-state index contributed by atoms with van der Waals surface area (Å²) >= 11 is 0. The van der Waals surface area contributed by atoms with Gasteiger partial charge in [-0.15, -0.1) is 0 Å². The van der Waals surface area contributed by atoms with Gasteiger partial charge < -0.3 is 16.2 Å². The fourth-order valence-corrected chi connectivity index (χ4v) is 1.70. The molecule has 1 unspecified atom stereocenters. The molecule has 104 valence electrons. The summed E-state index contributed by atoms with van der Waals surface area (Å²) < 4.78 is 0. The first-order valence-corrected chi connectivity index (χ1v) is 5.94. The average molecular weight is 274 g/mol. The fourth-order valence-electron chi connectivity index (χ4n) is 1.70. The van der Waals surface area contributed by atoms with E-state index < -0.39 is 24.3 Å². The monoisotopic (exact) mass is 274 g/mol. The molecule has 1 aromatic carbocycles. The molecule has 1 heterocycles. The van der Waals surface area contributed by atoms with E-state index in [1.54, 1.807) is 30.5 Å². The summed E-state index contributed by atoms with van der Waals surface area (Å²) in [6.45, 7) is 0. The van der Waals surface area contributed by atoms with Crippen LogP contribution in [-0.4, -0.2) is 33.2 Å². The second-order valence-corrected chi connectivity index (χ2v) is 4.24. The highest BCUT2D eigenvalue weighted by atomic mass is 16.4. The molecular weight excluding hydrogens is 260 g/mol. The number of amides is 1. The van der Waals surface area contributed by atoms with Gasteiger partial charge in [0.05, 0.1) is 18.2 Å². The van der Waals surface area contributed by atoms with Crippen molar-refractivity contribution in [2.45, 2.75) is 12.5 Å². The van der Waals surface area contributed by atoms with Crippen molar-refractivity contribution >= 4 is 17.6 Å². The van der Waals surface area contributed by atoms with Crippen LogP contribution in [0.15, 0.2) is 36.5 Å². The predicted octanol–water partition coefficient (Wildman–Crippen LogP) is 0.817. The lowest BCUT2D eigenvalue weighted by molar-refractivity contribution is -0.138. The van der Waals surface area contributed by atoms with Crippen LogP contribution in [0.4, 0.5) is 5.69 Å². The molecule has 7 nitrogen and oxygen atoms in total. The average Bonchev–Trinajstić information content (AvgIpc) is 2.92. The lowest BCUT2D eigenvalue weighted by atomic mass is 10.1. The summed E-state index contributed by atoms with van der Waals surface area (Å²) in [6, 6.07) is 7.80. The summed E-state index contributed by atoms with van der Waals surface area (Å²) in [5, 5.41) is 17.9. The Morgan fingerprint density at radius 2 is 2.20 bits per heavy atom. The number of nitrogens with zero attached hydrogens (tertiary/aromatic N) is 1. The maximum Gasteiger partial charge on any atom is 0.305 e. The molecule has 1 atom stereocenters. The smallest absolute Gasteiger partial charge is 0.305 e. The minimum absolute atomic E-state index is 0.411. The lowest BCUT2D eigenvalue weighted by Crippen LogP contribution is -2.37. The molecule has 2 aromatic rings. The molecule has 0 bridgehead atoms. The number of carboxylic acids is 1. The van der Waals surface area contributed by atoms with Crippen LogP contribution < -0.4 is 11.1 Å². The minimum atomic E-state index is -1.11. The third kappa shape index (κ3) is 3.42. The molecule has 2 rings (SSSR count). The van der Waals surface area contributed by atoms with E-state index in [2.05, 4.69) is 15.5 Å². The summed E-state index contributed by atoms with van der Waals surface area (Å²) in [5.74, 6) is -1.65. The van der Waals surface area contributed by atoms with E-state index in [1.807, 2.05) is 6.07 Å². The first-order chi connectivity index (χ1) is 9.56. The topological polar surface area (TPSA) is 121 Å². The van der Waals surface area contributed by atoms with Gasteiger partial charge in [-0.3, -0.25) is 14.7 Å². The van der Waals surface area contributed by atoms with Crippen LogP contribution in [0.25, 0.3) is 11.3 Å². The maximum atomic E-state index is 11.7. The van der Waals surface area contributed by atoms with Crippen LogP contribution in [0, 0.1) is 0 Å². The van der Waals surface area contributed by atoms with Gasteiger partial charge in [0, 0.05) is 17.4 Å². The predicted molar refractivity (Wildman–Crippen MR) is 72.9 cm³/mol. The molecule has 1 amide bonds. The number of aromatic nitrogens is 2. The number of hydrogen-bond donors (Lipinski definition) is 4. The Bertz CT molecular complexity index is 610. The van der Waals surface area contributed by atoms with E-state index in [4.69, 9.17) is 10.8 Å². The maximum absolute atomic E-state index is 11.7. The number of aromatic amines is 1. The Labute approximate surface area is 114 Å². The molecule has 0 fully saturated rings. The van der Waals surface area contributed by atoms with Crippen molar-refractivity contribution in [3.63, 3.8) is 0 Å². The van der Waals surface area contributed by atoms with E-state index in [0.717, 1.165) is 11.3 Å². The van der Waals surface area contributed by atoms with Crippen molar-refractivity contribution in [1.29, 1.82) is 0 Å². The van der Waals surface area contributed by atoms with Gasteiger partial charge in [0.2, 0.25) is 5.91 Å². The second kappa shape index (κ2) is 5.98. The van der Waals surface area contributed by atoms with Crippen molar-refractivity contribution in [3.8, 4) is 11.3 Å². The lowest BCUT2D eigenvalue weighted by Gasteiger charge is -2.10. The third-order valence-electron chi connectivity index (χ3n) is 2.67. The largest absolute Gasteiger partial charge is 0.481 e. The molecule has 1 aromatic heterocycles. The summed E-state index contributed by atoms with van der Waals surface area (Å²) in [5.41, 5.74) is 7.70. The summed E-state index contributed by atoms with van der Waals surface area (Å²) in [6.07, 6.45) is 1.22. The van der Waals surface area contributed by atoms with Crippen molar-refractivity contribution in [2.75, 3.05) is 5.32 Å². The second-order valence-electron chi connectivity index (χ2n) is 4.24. The molecule has 0 saturated heterocycles. The Morgan fingerprint density at radius 1 is 1.40 bits per heavy atom. The molecule has 20 heavy (non-hydrogen) atoms. The van der Waals surface area contributed by atoms with Crippen LogP contribution in [0.3, 0.4) is 0 Å². The van der Waals surface area contributed by atoms with Crippen LogP contribution >= 0.6 is 0 Å². The Balaban J connectivity index is 2.08. The van der Waals surface area contributed by atoms with E-state index in [9.17, 15) is 9.59 Å². The minimum Gasteiger partial charge on any atom is -0.481 e. The van der Waals surface area contributed by atoms with E-state index in [-0.39, 0.29) is 0 Å². The standard InChI is InChI=1S/C13H14N4O3/c14-10(7-12(18)19)13(20)16-9-3-1-2-8(6-9)11-4-5-15-17-11/h1-6,10H,7,14H2,(H,15,17)(H,16,20)(H,18,19). The van der Waals surface area contributed by atoms with Gasteiger partial charge in [-0.1, -0.05) is 12.1 Å². The number of anilines is 1. The molecule has 0 aliphatic heterocycles. The zero-order valence-electron chi connectivity index (χ0n) is 10.5. The molecule has 0 saturated carbocycles. The highest BCUT2D eigenvalue weighted by Gasteiger charge is 2.17. The normalized spacial score (nSPS) is 11.8. The SMILES string of the molecule is NC(CC(=O)O)C(=O)Nc1cccc(-c2ccn[nH]2)c1. The zero-order chi connectivity index (χ0) is 14.5. The number of aliphatic carboxylic acids is 1. The Kier molecular flexibility index (Phi) is 4.11. The number of rotatable bonds is 5. The van der Waals surface area contributed by atoms with Gasteiger partial charge in [0.25, 0.3) is 0 Å². The molecule has 0 aliphatic carbocycles. The van der Waals surface area contributed by atoms with Crippen molar-refractivity contribution < 1.29 is 14.7 Å². The Morgan fingerprint density at radius 3 is 2.85 bits per heavy atom. The van der Waals surface area contributed by atoms with Gasteiger partial charge in [0.15, 0.2) is 0 Å². The number of nitrogens with one attached hydrogen (secondary N) is 2. The van der Waals surface area contributed by atoms with E-state index >= 15 is 0 Å². The zero-order valence-corrected chi connectivity index (χ0v) is 10.5. The first-order valence-electron chi connectivity index (χ1n) is 5.94. The van der Waals surface area contributed by atoms with Gasteiger partial charge in [0.1, 0.15) is 0 Å². The van der Waals surface area contributed by atoms with Gasteiger partial charge >= 0.3 is 5.97 Å². The van der Waals surface area contributed by atoms with Crippen LogP contribution in [0.2, 0.25) is 0 Å². The third-order valence-corrected chi connectivity index (χ3v) is 2.67. The first kappa shape index (κ1) is 13.8. The number of H-pyrrole nitrogens is 1. The number of carbonyl (C=O) groups is 2. The van der Waals surface area contributed by atoms with Crippen molar-refractivity contribution in [1.82, 2.24) is 10.2 Å². The van der Waals surface area contributed by atoms with Crippen LogP contribution in [0.1, 0.15) is 6.42 Å². The highest BCUT2D eigenvalue weighted by molar-refractivity contribution is 5.97. The molecule has 7 heteroatoms. The highest BCUT2D eigenvalue weighted by Crippen LogP contribution is 2.20. The molecule has 0 radical (unpaired) electrons. The van der Waals surface area contributed by atoms with Gasteiger partial charge in [-0.25, -0.2) is 0 Å². The molecular formula is C13H14N4O3. The van der Waals surface area contributed by atoms with Crippen molar-refractivity contribution in [3.05, 3.63) is 36.5 Å². The molecule has 0 aliphatic rings. The van der Waals surface area contributed by atoms with E-state index in [1.165, 1.54) is 0 Å². The summed E-state index contributed by atoms with van der Waals surface area (Å²) in [4.78, 5) is 22.2. The van der Waals surface area contributed by atoms with Gasteiger partial charge in [-0.05, 0) is 18.2 Å².